The van der Waals surface area contributed by atoms with Gasteiger partial charge in [0.25, 0.3) is 0 Å². The number of hydrogen-bond acceptors (Lipinski definition) is 2. The van der Waals surface area contributed by atoms with Gasteiger partial charge in [-0.15, -0.1) is 0 Å². The first-order valence-corrected chi connectivity index (χ1v) is 6.45. The minimum absolute atomic E-state index is 0.00171. The van der Waals surface area contributed by atoms with Crippen LogP contribution in [0.4, 0.5) is 0 Å². The minimum Gasteiger partial charge on any atom is -0.496 e. The minimum atomic E-state index is 0.00171. The van der Waals surface area contributed by atoms with E-state index in [1.54, 1.807) is 7.11 Å². The molecule has 0 atom stereocenters. The lowest BCUT2D eigenvalue weighted by Crippen LogP contribution is -2.01. The number of carbonyl (C=O) groups is 1. The average molecular weight is 273 g/mol. The maximum absolute atomic E-state index is 12.6. The molecule has 2 aromatic rings. The first-order chi connectivity index (χ1) is 9.06. The fourth-order valence-electron chi connectivity index (χ4n) is 2.75. The van der Waals surface area contributed by atoms with Crippen LogP contribution in [-0.2, 0) is 0 Å². The van der Waals surface area contributed by atoms with E-state index in [-0.39, 0.29) is 5.78 Å². The molecule has 96 valence electrons. The number of ketones is 1. The zero-order valence-electron chi connectivity index (χ0n) is 11.0. The molecule has 2 aromatic carbocycles. The summed E-state index contributed by atoms with van der Waals surface area (Å²) in [5, 5.41) is 0.666. The standard InChI is InChI=1S/C16H13ClO2/c1-8-7-11-10-5-4-6-12(19-3)14(10)16(18)13(11)9(2)15(8)17/h4-7H,1-3H3. The summed E-state index contributed by atoms with van der Waals surface area (Å²) in [6.07, 6.45) is 0. The zero-order valence-corrected chi connectivity index (χ0v) is 11.8. The Morgan fingerprint density at radius 2 is 1.84 bits per heavy atom. The number of halogens is 1. The normalized spacial score (nSPS) is 12.3. The summed E-state index contributed by atoms with van der Waals surface area (Å²) in [7, 11) is 1.58. The number of methoxy groups -OCH3 is 1. The Balaban J connectivity index is 2.41. The van der Waals surface area contributed by atoms with E-state index in [2.05, 4.69) is 0 Å². The van der Waals surface area contributed by atoms with Crippen molar-refractivity contribution in [3.05, 3.63) is 51.5 Å². The molecule has 0 saturated heterocycles. The molecule has 0 N–H and O–H groups in total. The van der Waals surface area contributed by atoms with Gasteiger partial charge >= 0.3 is 0 Å². The van der Waals surface area contributed by atoms with Crippen molar-refractivity contribution in [3.8, 4) is 16.9 Å². The molecule has 0 bridgehead atoms. The molecule has 0 spiro atoms. The Morgan fingerprint density at radius 3 is 2.53 bits per heavy atom. The van der Waals surface area contributed by atoms with Crippen LogP contribution < -0.4 is 4.74 Å². The Kier molecular flexibility index (Phi) is 2.64. The van der Waals surface area contributed by atoms with Gasteiger partial charge in [0.2, 0.25) is 0 Å². The maximum Gasteiger partial charge on any atom is 0.198 e. The third-order valence-corrected chi connectivity index (χ3v) is 4.25. The summed E-state index contributed by atoms with van der Waals surface area (Å²) in [6.45, 7) is 3.85. The Bertz CT molecular complexity index is 717. The number of fused-ring (bicyclic) bond motifs is 3. The van der Waals surface area contributed by atoms with Gasteiger partial charge in [0, 0.05) is 10.6 Å². The molecule has 2 nitrogen and oxygen atoms in total. The Hall–Kier alpha value is -1.80. The lowest BCUT2D eigenvalue weighted by molar-refractivity contribution is 0.104. The van der Waals surface area contributed by atoms with E-state index in [0.29, 0.717) is 21.9 Å². The van der Waals surface area contributed by atoms with E-state index in [1.807, 2.05) is 38.1 Å². The fourth-order valence-corrected chi connectivity index (χ4v) is 2.90. The molecule has 0 heterocycles. The van der Waals surface area contributed by atoms with Crippen LogP contribution in [0.5, 0.6) is 5.75 Å². The lowest BCUT2D eigenvalue weighted by Gasteiger charge is -2.08. The van der Waals surface area contributed by atoms with Crippen LogP contribution in [0.2, 0.25) is 5.02 Å². The number of rotatable bonds is 1. The highest BCUT2D eigenvalue weighted by Gasteiger charge is 2.32. The van der Waals surface area contributed by atoms with Crippen LogP contribution in [-0.4, -0.2) is 12.9 Å². The Labute approximate surface area is 117 Å². The first-order valence-electron chi connectivity index (χ1n) is 6.08. The predicted octanol–water partition coefficient (Wildman–Crippen LogP) is 4.18. The second kappa shape index (κ2) is 4.10. The van der Waals surface area contributed by atoms with Crippen LogP contribution in [0.3, 0.4) is 0 Å². The quantitative estimate of drug-likeness (QED) is 0.664. The number of hydrogen-bond donors (Lipinski definition) is 0. The highest BCUT2D eigenvalue weighted by molar-refractivity contribution is 6.34. The number of aryl methyl sites for hydroxylation is 1. The topological polar surface area (TPSA) is 26.3 Å². The van der Waals surface area contributed by atoms with Gasteiger partial charge in [-0.3, -0.25) is 4.79 Å². The zero-order chi connectivity index (χ0) is 13.7. The van der Waals surface area contributed by atoms with Gasteiger partial charge in [-0.25, -0.2) is 0 Å². The van der Waals surface area contributed by atoms with Crippen molar-refractivity contribution in [1.29, 1.82) is 0 Å². The Morgan fingerprint density at radius 1 is 1.11 bits per heavy atom. The van der Waals surface area contributed by atoms with Crippen molar-refractivity contribution < 1.29 is 9.53 Å². The molecule has 19 heavy (non-hydrogen) atoms. The molecule has 0 amide bonds. The second-order valence-electron chi connectivity index (χ2n) is 4.77. The molecule has 1 aliphatic carbocycles. The molecule has 1 aliphatic rings. The van der Waals surface area contributed by atoms with E-state index in [4.69, 9.17) is 16.3 Å². The van der Waals surface area contributed by atoms with Crippen molar-refractivity contribution in [2.75, 3.05) is 7.11 Å². The molecule has 0 unspecified atom stereocenters. The van der Waals surface area contributed by atoms with Crippen LogP contribution in [0.15, 0.2) is 24.3 Å². The van der Waals surface area contributed by atoms with Gasteiger partial charge in [0.1, 0.15) is 5.75 Å². The fraction of sp³-hybridized carbons (Fsp3) is 0.188. The molecular weight excluding hydrogens is 260 g/mol. The highest BCUT2D eigenvalue weighted by atomic mass is 35.5. The van der Waals surface area contributed by atoms with Crippen LogP contribution in [0.1, 0.15) is 27.0 Å². The third-order valence-electron chi connectivity index (χ3n) is 3.67. The molecule has 0 aromatic heterocycles. The van der Waals surface area contributed by atoms with E-state index in [1.165, 1.54) is 0 Å². The van der Waals surface area contributed by atoms with Crippen molar-refractivity contribution in [2.45, 2.75) is 13.8 Å². The van der Waals surface area contributed by atoms with E-state index in [9.17, 15) is 4.79 Å². The molecule has 0 saturated carbocycles. The predicted molar refractivity (Wildman–Crippen MR) is 76.3 cm³/mol. The summed E-state index contributed by atoms with van der Waals surface area (Å²) in [6, 6.07) is 7.65. The van der Waals surface area contributed by atoms with E-state index in [0.717, 1.165) is 22.3 Å². The highest BCUT2D eigenvalue weighted by Crippen LogP contribution is 2.44. The third kappa shape index (κ3) is 1.53. The van der Waals surface area contributed by atoms with Crippen molar-refractivity contribution in [2.24, 2.45) is 0 Å². The van der Waals surface area contributed by atoms with Gasteiger partial charge in [0.15, 0.2) is 5.78 Å². The summed E-state index contributed by atoms with van der Waals surface area (Å²) < 4.78 is 5.31. The van der Waals surface area contributed by atoms with Crippen LogP contribution in [0, 0.1) is 13.8 Å². The van der Waals surface area contributed by atoms with E-state index >= 15 is 0 Å². The summed E-state index contributed by atoms with van der Waals surface area (Å²) in [5.74, 6) is 0.619. The van der Waals surface area contributed by atoms with Gasteiger partial charge in [-0.2, -0.15) is 0 Å². The average Bonchev–Trinajstić information content (AvgIpc) is 2.69. The summed E-state index contributed by atoms with van der Waals surface area (Å²) in [4.78, 5) is 12.6. The molecular formula is C16H13ClO2. The smallest absolute Gasteiger partial charge is 0.198 e. The molecule has 3 heteroatoms. The molecule has 0 aliphatic heterocycles. The van der Waals surface area contributed by atoms with E-state index < -0.39 is 0 Å². The van der Waals surface area contributed by atoms with Crippen LogP contribution >= 0.6 is 11.6 Å². The second-order valence-corrected chi connectivity index (χ2v) is 5.14. The van der Waals surface area contributed by atoms with Gasteiger partial charge in [-0.05, 0) is 48.2 Å². The molecule has 0 radical (unpaired) electrons. The SMILES string of the molecule is COc1cccc2c1C(=O)c1c-2cc(C)c(Cl)c1C. The number of carbonyl (C=O) groups excluding carboxylic acids is 1. The number of ether oxygens (including phenoxy) is 1. The lowest BCUT2D eigenvalue weighted by atomic mass is 9.99. The van der Waals surface area contributed by atoms with Crippen molar-refractivity contribution in [3.63, 3.8) is 0 Å². The number of benzene rings is 2. The van der Waals surface area contributed by atoms with Gasteiger partial charge < -0.3 is 4.74 Å². The molecule has 3 rings (SSSR count). The summed E-state index contributed by atoms with van der Waals surface area (Å²) >= 11 is 6.26. The maximum atomic E-state index is 12.6. The van der Waals surface area contributed by atoms with Crippen molar-refractivity contribution in [1.82, 2.24) is 0 Å². The monoisotopic (exact) mass is 272 g/mol. The van der Waals surface area contributed by atoms with Crippen molar-refractivity contribution >= 4 is 17.4 Å². The van der Waals surface area contributed by atoms with Crippen LogP contribution in [0.25, 0.3) is 11.1 Å². The first kappa shape index (κ1) is 12.2. The molecule has 0 fully saturated rings. The van der Waals surface area contributed by atoms with Gasteiger partial charge in [-0.1, -0.05) is 23.7 Å². The summed E-state index contributed by atoms with van der Waals surface area (Å²) in [5.41, 5.74) is 5.07. The van der Waals surface area contributed by atoms with Gasteiger partial charge in [0.05, 0.1) is 12.7 Å². The largest absolute Gasteiger partial charge is 0.496 e.